The molecule has 6 nitrogen and oxygen atoms in total. The van der Waals surface area contributed by atoms with Gasteiger partial charge in [-0.15, -0.1) is 0 Å². The first-order chi connectivity index (χ1) is 9.58. The molecule has 0 aromatic heterocycles. The van der Waals surface area contributed by atoms with Crippen molar-refractivity contribution in [2.24, 2.45) is 0 Å². The van der Waals surface area contributed by atoms with E-state index in [4.69, 9.17) is 21.1 Å². The number of rotatable bonds is 5. The van der Waals surface area contributed by atoms with E-state index in [1.807, 2.05) is 0 Å². The summed E-state index contributed by atoms with van der Waals surface area (Å²) in [7, 11) is 0. The Balaban J connectivity index is 1.96. The van der Waals surface area contributed by atoms with E-state index in [9.17, 15) is 14.5 Å². The summed E-state index contributed by atoms with van der Waals surface area (Å²) in [5.41, 5.74) is -0.381. The van der Waals surface area contributed by atoms with Crippen molar-refractivity contribution < 1.29 is 18.8 Å². The highest BCUT2D eigenvalue weighted by atomic mass is 35.5. The lowest BCUT2D eigenvalue weighted by Gasteiger charge is -2.26. The van der Waals surface area contributed by atoms with Crippen molar-refractivity contribution in [1.82, 2.24) is 4.90 Å². The number of nitrogens with zero attached hydrogens (tertiary/aromatic N) is 2. The van der Waals surface area contributed by atoms with Crippen molar-refractivity contribution in [2.45, 2.75) is 0 Å². The van der Waals surface area contributed by atoms with E-state index in [0.717, 1.165) is 25.2 Å². The highest BCUT2D eigenvalue weighted by Gasteiger charge is 2.17. The molecule has 2 rings (SSSR count). The molecule has 1 fully saturated rings. The highest BCUT2D eigenvalue weighted by molar-refractivity contribution is 6.32. The predicted octanol–water partition coefficient (Wildman–Crippen LogP) is 2.10. The Morgan fingerprint density at radius 1 is 1.45 bits per heavy atom. The van der Waals surface area contributed by atoms with Gasteiger partial charge in [-0.05, 0) is 0 Å². The summed E-state index contributed by atoms with van der Waals surface area (Å²) in [6, 6.07) is 1.90. The van der Waals surface area contributed by atoms with Crippen molar-refractivity contribution in [3.63, 3.8) is 0 Å². The summed E-state index contributed by atoms with van der Waals surface area (Å²) in [6.45, 7) is 3.86. The van der Waals surface area contributed by atoms with Crippen LogP contribution in [0.3, 0.4) is 0 Å². The molecular formula is C12H14ClFN2O4. The molecule has 1 aromatic rings. The van der Waals surface area contributed by atoms with Gasteiger partial charge in [-0.3, -0.25) is 15.0 Å². The Bertz CT molecular complexity index is 495. The van der Waals surface area contributed by atoms with Crippen LogP contribution in [-0.2, 0) is 4.74 Å². The van der Waals surface area contributed by atoms with Crippen molar-refractivity contribution in [1.29, 1.82) is 0 Å². The van der Waals surface area contributed by atoms with Crippen LogP contribution in [-0.4, -0.2) is 49.3 Å². The van der Waals surface area contributed by atoms with Gasteiger partial charge >= 0.3 is 0 Å². The number of ether oxygens (including phenoxy) is 2. The summed E-state index contributed by atoms with van der Waals surface area (Å²) in [5.74, 6) is -0.867. The van der Waals surface area contributed by atoms with Crippen LogP contribution in [0, 0.1) is 15.9 Å². The van der Waals surface area contributed by atoms with Crippen LogP contribution in [0.4, 0.5) is 10.1 Å². The highest BCUT2D eigenvalue weighted by Crippen LogP contribution is 2.31. The van der Waals surface area contributed by atoms with Gasteiger partial charge in [0.05, 0.1) is 30.3 Å². The first-order valence-corrected chi connectivity index (χ1v) is 6.52. The monoisotopic (exact) mass is 304 g/mol. The second-order valence-corrected chi connectivity index (χ2v) is 4.68. The number of hydrogen-bond acceptors (Lipinski definition) is 5. The number of morpholine rings is 1. The minimum atomic E-state index is -0.859. The van der Waals surface area contributed by atoms with Crippen LogP contribution in [0.15, 0.2) is 12.1 Å². The number of benzene rings is 1. The lowest BCUT2D eigenvalue weighted by atomic mass is 10.3. The Hall–Kier alpha value is -1.44. The second-order valence-electron chi connectivity index (χ2n) is 4.30. The third-order valence-corrected chi connectivity index (χ3v) is 3.33. The fourth-order valence-corrected chi connectivity index (χ4v) is 2.03. The standard InChI is InChI=1S/C12H14ClFN2O4/c13-12-10(14)7-9(16(17)18)8-11(12)20-6-3-15-1-4-19-5-2-15/h7-8H,1-6H2. The molecule has 20 heavy (non-hydrogen) atoms. The van der Waals surface area contributed by atoms with Crippen molar-refractivity contribution >= 4 is 17.3 Å². The molecule has 0 aliphatic carbocycles. The van der Waals surface area contributed by atoms with Crippen molar-refractivity contribution in [3.8, 4) is 5.75 Å². The maximum absolute atomic E-state index is 13.4. The SMILES string of the molecule is O=[N+]([O-])c1cc(F)c(Cl)c(OCCN2CCOCC2)c1. The number of nitro groups is 1. The van der Waals surface area contributed by atoms with Gasteiger partial charge < -0.3 is 9.47 Å². The van der Waals surface area contributed by atoms with Gasteiger partial charge in [-0.25, -0.2) is 4.39 Å². The van der Waals surface area contributed by atoms with Gasteiger partial charge in [0.25, 0.3) is 5.69 Å². The van der Waals surface area contributed by atoms with E-state index < -0.39 is 10.7 Å². The third-order valence-electron chi connectivity index (χ3n) is 2.96. The smallest absolute Gasteiger partial charge is 0.276 e. The molecule has 0 saturated carbocycles. The molecule has 1 aromatic carbocycles. The maximum Gasteiger partial charge on any atom is 0.276 e. The zero-order valence-electron chi connectivity index (χ0n) is 10.7. The maximum atomic E-state index is 13.4. The van der Waals surface area contributed by atoms with Crippen molar-refractivity contribution in [3.05, 3.63) is 33.1 Å². The molecule has 0 bridgehead atoms. The lowest BCUT2D eigenvalue weighted by molar-refractivity contribution is -0.385. The Morgan fingerprint density at radius 3 is 2.80 bits per heavy atom. The zero-order chi connectivity index (χ0) is 14.5. The molecule has 0 N–H and O–H groups in total. The Labute approximate surface area is 120 Å². The van der Waals surface area contributed by atoms with Gasteiger partial charge in [0.1, 0.15) is 17.4 Å². The molecular weight excluding hydrogens is 291 g/mol. The van der Waals surface area contributed by atoms with E-state index >= 15 is 0 Å². The average Bonchev–Trinajstić information content (AvgIpc) is 2.44. The number of hydrogen-bond donors (Lipinski definition) is 0. The average molecular weight is 305 g/mol. The summed E-state index contributed by atoms with van der Waals surface area (Å²) in [4.78, 5) is 12.1. The molecule has 0 amide bonds. The second kappa shape index (κ2) is 6.83. The minimum Gasteiger partial charge on any atom is -0.490 e. The fraction of sp³-hybridized carbons (Fsp3) is 0.500. The quantitative estimate of drug-likeness (QED) is 0.615. The fourth-order valence-electron chi connectivity index (χ4n) is 1.87. The molecule has 0 spiro atoms. The minimum absolute atomic E-state index is 0.00775. The summed E-state index contributed by atoms with van der Waals surface area (Å²) >= 11 is 5.74. The van der Waals surface area contributed by atoms with Crippen LogP contribution in [0.2, 0.25) is 5.02 Å². The molecule has 1 heterocycles. The normalized spacial score (nSPS) is 16.1. The van der Waals surface area contributed by atoms with Gasteiger partial charge in [0.15, 0.2) is 5.82 Å². The van der Waals surface area contributed by atoms with Gasteiger partial charge in [0.2, 0.25) is 0 Å². The van der Waals surface area contributed by atoms with Gasteiger partial charge in [-0.1, -0.05) is 11.6 Å². The number of halogens is 2. The molecule has 1 aliphatic heterocycles. The first-order valence-electron chi connectivity index (χ1n) is 6.14. The van der Waals surface area contributed by atoms with Crippen LogP contribution < -0.4 is 4.74 Å². The molecule has 0 unspecified atom stereocenters. The molecule has 1 aliphatic rings. The largest absolute Gasteiger partial charge is 0.490 e. The Kier molecular flexibility index (Phi) is 5.11. The van der Waals surface area contributed by atoms with Crippen molar-refractivity contribution in [2.75, 3.05) is 39.5 Å². The van der Waals surface area contributed by atoms with E-state index in [1.54, 1.807) is 0 Å². The number of nitro benzene ring substituents is 1. The van der Waals surface area contributed by atoms with E-state index in [1.165, 1.54) is 0 Å². The van der Waals surface area contributed by atoms with Crippen LogP contribution in [0.5, 0.6) is 5.75 Å². The van der Waals surface area contributed by atoms with E-state index in [0.29, 0.717) is 19.8 Å². The van der Waals surface area contributed by atoms with Crippen LogP contribution in [0.1, 0.15) is 0 Å². The molecule has 1 saturated heterocycles. The van der Waals surface area contributed by atoms with E-state index in [2.05, 4.69) is 4.90 Å². The zero-order valence-corrected chi connectivity index (χ0v) is 11.4. The summed E-state index contributed by atoms with van der Waals surface area (Å²) in [6.07, 6.45) is 0. The third kappa shape index (κ3) is 3.78. The van der Waals surface area contributed by atoms with E-state index in [-0.39, 0.29) is 23.1 Å². The van der Waals surface area contributed by atoms with Gasteiger partial charge in [0, 0.05) is 19.6 Å². The summed E-state index contributed by atoms with van der Waals surface area (Å²) < 4.78 is 24.0. The first kappa shape index (κ1) is 15.0. The molecule has 110 valence electrons. The molecule has 8 heteroatoms. The predicted molar refractivity (Wildman–Crippen MR) is 70.8 cm³/mol. The molecule has 0 radical (unpaired) electrons. The molecule has 0 atom stereocenters. The van der Waals surface area contributed by atoms with Crippen LogP contribution >= 0.6 is 11.6 Å². The lowest BCUT2D eigenvalue weighted by Crippen LogP contribution is -2.38. The van der Waals surface area contributed by atoms with Gasteiger partial charge in [-0.2, -0.15) is 0 Å². The number of non-ortho nitro benzene ring substituents is 1. The van der Waals surface area contributed by atoms with Crippen LogP contribution in [0.25, 0.3) is 0 Å². The Morgan fingerprint density at radius 2 is 2.15 bits per heavy atom. The topological polar surface area (TPSA) is 64.8 Å². The summed E-state index contributed by atoms with van der Waals surface area (Å²) in [5, 5.41) is 10.4.